The van der Waals surface area contributed by atoms with Gasteiger partial charge in [-0.05, 0) is 59.5 Å². The number of nitrogens with zero attached hydrogens (tertiary/aromatic N) is 3. The van der Waals surface area contributed by atoms with Gasteiger partial charge >= 0.3 is 0 Å². The number of carbonyl (C=O) groups is 1. The molecule has 38 heavy (non-hydrogen) atoms. The normalized spacial score (nSPS) is 16.4. The summed E-state index contributed by atoms with van der Waals surface area (Å²) in [6.45, 7) is 2.20. The van der Waals surface area contributed by atoms with Crippen molar-refractivity contribution in [1.29, 1.82) is 0 Å². The lowest BCUT2D eigenvalue weighted by Crippen LogP contribution is -2.36. The fourth-order valence-corrected chi connectivity index (χ4v) is 4.96. The van der Waals surface area contributed by atoms with Crippen LogP contribution in [0.4, 0.5) is 4.39 Å². The smallest absolute Gasteiger partial charge is 0.247 e. The third-order valence-corrected chi connectivity index (χ3v) is 6.87. The summed E-state index contributed by atoms with van der Waals surface area (Å²) in [5, 5.41) is 0. The number of fused-ring (bicyclic) bond motifs is 1. The van der Waals surface area contributed by atoms with Gasteiger partial charge in [-0.3, -0.25) is 4.79 Å². The molecule has 0 spiro atoms. The van der Waals surface area contributed by atoms with Crippen molar-refractivity contribution in [3.63, 3.8) is 0 Å². The van der Waals surface area contributed by atoms with E-state index < -0.39 is 12.2 Å². The van der Waals surface area contributed by atoms with Crippen molar-refractivity contribution in [3.8, 4) is 17.2 Å². The van der Waals surface area contributed by atoms with Crippen LogP contribution in [-0.4, -0.2) is 40.7 Å². The molecule has 1 aliphatic rings. The highest BCUT2D eigenvalue weighted by Crippen LogP contribution is 2.39. The number of amides is 1. The summed E-state index contributed by atoms with van der Waals surface area (Å²) in [4.78, 5) is 19.5. The zero-order valence-corrected chi connectivity index (χ0v) is 21.7. The number of hydrogen-bond acceptors (Lipinski definition) is 4. The minimum atomic E-state index is -1.18. The second-order valence-electron chi connectivity index (χ2n) is 9.36. The Kier molecular flexibility index (Phi) is 7.26. The monoisotopic (exact) mass is 511 g/mol. The minimum Gasteiger partial charge on any atom is -0.497 e. The predicted octanol–water partition coefficient (Wildman–Crippen LogP) is 5.88. The molecule has 5 rings (SSSR count). The van der Waals surface area contributed by atoms with E-state index in [1.807, 2.05) is 84.4 Å². The number of aryl methyl sites for hydroxylation is 1. The maximum atomic E-state index is 15.4. The number of alkyl halides is 1. The molecule has 0 radical (unpaired) electrons. The highest BCUT2D eigenvalue weighted by molar-refractivity contribution is 5.92. The lowest BCUT2D eigenvalue weighted by Gasteiger charge is -2.30. The van der Waals surface area contributed by atoms with Crippen LogP contribution in [0.5, 0.6) is 11.5 Å². The van der Waals surface area contributed by atoms with Crippen LogP contribution >= 0.6 is 0 Å². The Morgan fingerprint density at radius 3 is 2.61 bits per heavy atom. The Bertz CT molecular complexity index is 1460. The fraction of sp³-hybridized carbons (Fsp3) is 0.226. The number of halogens is 1. The van der Waals surface area contributed by atoms with Gasteiger partial charge in [0.1, 0.15) is 17.7 Å². The lowest BCUT2D eigenvalue weighted by atomic mass is 10.0. The SMILES string of the molecule is COc1ccc(CN(C(=O)C=Cc2ccc(-n3cnc(C)c3)c(OC)c2)[C@@H]2c3ccccc3C[C@@H]2F)cc1. The summed E-state index contributed by atoms with van der Waals surface area (Å²) in [7, 11) is 3.22. The molecule has 6 nitrogen and oxygen atoms in total. The van der Waals surface area contributed by atoms with Crippen LogP contribution in [0.1, 0.15) is 34.0 Å². The molecule has 0 fully saturated rings. The highest BCUT2D eigenvalue weighted by atomic mass is 19.1. The molecular weight excluding hydrogens is 481 g/mol. The van der Waals surface area contributed by atoms with E-state index in [0.717, 1.165) is 39.4 Å². The van der Waals surface area contributed by atoms with Crippen molar-refractivity contribution in [2.75, 3.05) is 14.2 Å². The van der Waals surface area contributed by atoms with Crippen LogP contribution in [0.25, 0.3) is 11.8 Å². The number of rotatable bonds is 8. The molecule has 1 aliphatic carbocycles. The minimum absolute atomic E-state index is 0.265. The number of ether oxygens (including phenoxy) is 2. The zero-order valence-electron chi connectivity index (χ0n) is 21.7. The van der Waals surface area contributed by atoms with E-state index in [-0.39, 0.29) is 12.5 Å². The van der Waals surface area contributed by atoms with Gasteiger partial charge in [0, 0.05) is 25.2 Å². The number of benzene rings is 3. The Morgan fingerprint density at radius 1 is 1.11 bits per heavy atom. The number of aromatic nitrogens is 2. The molecule has 2 atom stereocenters. The first-order chi connectivity index (χ1) is 18.5. The van der Waals surface area contributed by atoms with Gasteiger partial charge < -0.3 is 18.9 Å². The topological polar surface area (TPSA) is 56.6 Å². The summed E-state index contributed by atoms with van der Waals surface area (Å²) < 4.78 is 28.2. The van der Waals surface area contributed by atoms with Gasteiger partial charge in [0.15, 0.2) is 0 Å². The molecule has 0 saturated carbocycles. The third kappa shape index (κ3) is 5.18. The van der Waals surface area contributed by atoms with E-state index in [9.17, 15) is 4.79 Å². The first kappa shape index (κ1) is 25.3. The molecule has 7 heteroatoms. The average molecular weight is 512 g/mol. The van der Waals surface area contributed by atoms with Gasteiger partial charge in [-0.25, -0.2) is 9.37 Å². The number of carbonyl (C=O) groups excluding carboxylic acids is 1. The number of imidazole rings is 1. The first-order valence-corrected chi connectivity index (χ1v) is 12.5. The van der Waals surface area contributed by atoms with E-state index >= 15 is 4.39 Å². The largest absolute Gasteiger partial charge is 0.497 e. The fourth-order valence-electron chi connectivity index (χ4n) is 4.96. The van der Waals surface area contributed by atoms with E-state index in [1.165, 1.54) is 6.08 Å². The Hall–Kier alpha value is -4.39. The molecule has 1 aromatic heterocycles. The van der Waals surface area contributed by atoms with E-state index in [0.29, 0.717) is 12.2 Å². The van der Waals surface area contributed by atoms with Crippen molar-refractivity contribution in [1.82, 2.24) is 14.5 Å². The molecule has 0 aliphatic heterocycles. The highest BCUT2D eigenvalue weighted by Gasteiger charge is 2.38. The third-order valence-electron chi connectivity index (χ3n) is 6.87. The van der Waals surface area contributed by atoms with Crippen LogP contribution in [0.2, 0.25) is 0 Å². The molecule has 0 saturated heterocycles. The van der Waals surface area contributed by atoms with Crippen molar-refractivity contribution in [3.05, 3.63) is 113 Å². The van der Waals surface area contributed by atoms with Gasteiger partial charge in [-0.2, -0.15) is 0 Å². The van der Waals surface area contributed by atoms with Crippen molar-refractivity contribution < 1.29 is 18.7 Å². The second kappa shape index (κ2) is 10.9. The van der Waals surface area contributed by atoms with Gasteiger partial charge in [-0.1, -0.05) is 42.5 Å². The van der Waals surface area contributed by atoms with E-state index in [1.54, 1.807) is 31.5 Å². The Balaban J connectivity index is 1.44. The summed E-state index contributed by atoms with van der Waals surface area (Å²) >= 11 is 0. The molecule has 4 aromatic rings. The van der Waals surface area contributed by atoms with Gasteiger partial charge in [0.05, 0.1) is 38.0 Å². The van der Waals surface area contributed by atoms with Crippen molar-refractivity contribution in [2.24, 2.45) is 0 Å². The molecule has 1 amide bonds. The van der Waals surface area contributed by atoms with Crippen LogP contribution in [0.15, 0.2) is 85.3 Å². The summed E-state index contributed by atoms with van der Waals surface area (Å²) in [5.74, 6) is 1.11. The molecule has 0 bridgehead atoms. The van der Waals surface area contributed by atoms with Crippen LogP contribution < -0.4 is 9.47 Å². The summed E-state index contributed by atoms with van der Waals surface area (Å²) in [5.41, 5.74) is 5.24. The molecule has 0 unspecified atom stereocenters. The summed E-state index contributed by atoms with van der Waals surface area (Å²) in [6.07, 6.45) is 6.01. The molecular formula is C31H30FN3O3. The van der Waals surface area contributed by atoms with E-state index in [2.05, 4.69) is 4.98 Å². The molecule has 194 valence electrons. The zero-order chi connectivity index (χ0) is 26.6. The number of hydrogen-bond donors (Lipinski definition) is 0. The van der Waals surface area contributed by atoms with Gasteiger partial charge in [0.2, 0.25) is 5.91 Å². The van der Waals surface area contributed by atoms with E-state index in [4.69, 9.17) is 9.47 Å². The molecule has 3 aromatic carbocycles. The predicted molar refractivity (Wildman–Crippen MR) is 145 cm³/mol. The maximum Gasteiger partial charge on any atom is 0.247 e. The standard InChI is InChI=1S/C31H30FN3O3/c1-21-18-34(20-33-21)28-14-10-22(16-29(28)38-3)11-15-30(36)35(19-23-8-12-25(37-2)13-9-23)31-26-7-5-4-6-24(26)17-27(31)32/h4-16,18,20,27,31H,17,19H2,1-3H3/t27-,31+/m0/s1. The Labute approximate surface area is 222 Å². The average Bonchev–Trinajstić information content (AvgIpc) is 3.52. The maximum absolute atomic E-state index is 15.4. The molecule has 0 N–H and O–H groups in total. The quantitative estimate of drug-likeness (QED) is 0.278. The molecule has 1 heterocycles. The number of methoxy groups -OCH3 is 2. The van der Waals surface area contributed by atoms with Gasteiger partial charge in [-0.15, -0.1) is 0 Å². The Morgan fingerprint density at radius 2 is 1.89 bits per heavy atom. The van der Waals surface area contributed by atoms with Crippen LogP contribution in [0.3, 0.4) is 0 Å². The van der Waals surface area contributed by atoms with Crippen molar-refractivity contribution in [2.45, 2.75) is 32.1 Å². The van der Waals surface area contributed by atoms with Crippen molar-refractivity contribution >= 4 is 12.0 Å². The van der Waals surface area contributed by atoms with Crippen LogP contribution in [-0.2, 0) is 17.8 Å². The van der Waals surface area contributed by atoms with Crippen LogP contribution in [0, 0.1) is 6.92 Å². The lowest BCUT2D eigenvalue weighted by molar-refractivity contribution is -0.130. The second-order valence-corrected chi connectivity index (χ2v) is 9.36. The summed E-state index contributed by atoms with van der Waals surface area (Å²) in [6, 6.07) is 20.2. The van der Waals surface area contributed by atoms with Gasteiger partial charge in [0.25, 0.3) is 0 Å². The first-order valence-electron chi connectivity index (χ1n) is 12.5.